The van der Waals surface area contributed by atoms with Crippen molar-refractivity contribution in [2.45, 2.75) is 37.7 Å². The van der Waals surface area contributed by atoms with Crippen molar-refractivity contribution >= 4 is 17.4 Å². The molecule has 1 aromatic heterocycles. The molecule has 3 aromatic rings. The van der Waals surface area contributed by atoms with Crippen molar-refractivity contribution in [1.29, 1.82) is 0 Å². The molecule has 1 aliphatic heterocycles. The molecule has 1 saturated heterocycles. The SMILES string of the molecule is COc1cc(C(=O)CCC(O)(CN2CCCCC2)c2ccc(OC)c(-c3ccc(F)c(Cl)c3)n2)ccc1OCCO. The third kappa shape index (κ3) is 7.54. The van der Waals surface area contributed by atoms with Crippen LogP contribution >= 0.6 is 11.6 Å². The first-order valence-corrected chi connectivity index (χ1v) is 14.1. The zero-order chi connectivity index (χ0) is 29.4. The minimum Gasteiger partial charge on any atom is -0.494 e. The summed E-state index contributed by atoms with van der Waals surface area (Å²) in [5, 5.41) is 21.2. The Labute approximate surface area is 244 Å². The van der Waals surface area contributed by atoms with E-state index in [0.717, 1.165) is 32.4 Å². The van der Waals surface area contributed by atoms with Gasteiger partial charge < -0.3 is 29.3 Å². The van der Waals surface area contributed by atoms with Crippen LogP contribution in [-0.4, -0.2) is 72.9 Å². The highest BCUT2D eigenvalue weighted by atomic mass is 35.5. The van der Waals surface area contributed by atoms with Gasteiger partial charge in [-0.1, -0.05) is 18.0 Å². The Bertz CT molecular complexity index is 1350. The summed E-state index contributed by atoms with van der Waals surface area (Å²) in [5.41, 5.74) is 0.312. The van der Waals surface area contributed by atoms with E-state index in [1.54, 1.807) is 36.4 Å². The number of hydrogen-bond donors (Lipinski definition) is 2. The largest absolute Gasteiger partial charge is 0.494 e. The second-order valence-electron chi connectivity index (χ2n) is 10.1. The second-order valence-corrected chi connectivity index (χ2v) is 10.5. The number of carbonyl (C=O) groups is 1. The molecule has 0 spiro atoms. The minimum absolute atomic E-state index is 0.0471. The van der Waals surface area contributed by atoms with Gasteiger partial charge in [0.2, 0.25) is 0 Å². The highest BCUT2D eigenvalue weighted by molar-refractivity contribution is 6.31. The topological polar surface area (TPSA) is 101 Å². The number of aromatic nitrogens is 1. The van der Waals surface area contributed by atoms with Gasteiger partial charge in [0.1, 0.15) is 29.5 Å². The number of Topliss-reactive ketones (excluding diaryl/α,β-unsaturated/α-hetero) is 1. The summed E-state index contributed by atoms with van der Waals surface area (Å²) in [7, 11) is 2.99. The van der Waals surface area contributed by atoms with Crippen molar-refractivity contribution in [1.82, 2.24) is 9.88 Å². The summed E-state index contributed by atoms with van der Waals surface area (Å²) in [6.45, 7) is 1.96. The maximum absolute atomic E-state index is 13.9. The molecule has 41 heavy (non-hydrogen) atoms. The number of halogens is 2. The maximum atomic E-state index is 13.9. The standard InChI is InChI=1S/C31H36ClFN2O6/c1-39-27-10-11-29(34-30(27)22-6-8-24(33)23(32)18-22)31(38,20-35-14-4-3-5-15-35)13-12-25(37)21-7-9-26(41-17-16-36)28(19-21)40-2/h6-11,18-19,36,38H,3-5,12-17,20H2,1-2H3. The van der Waals surface area contributed by atoms with Gasteiger partial charge in [0.05, 0.1) is 31.5 Å². The van der Waals surface area contributed by atoms with E-state index in [9.17, 15) is 14.3 Å². The van der Waals surface area contributed by atoms with Gasteiger partial charge in [-0.25, -0.2) is 9.37 Å². The first-order chi connectivity index (χ1) is 19.8. The number of likely N-dealkylation sites (tertiary alicyclic amines) is 1. The number of benzene rings is 2. The van der Waals surface area contributed by atoms with Crippen LogP contribution in [0.1, 0.15) is 48.2 Å². The van der Waals surface area contributed by atoms with Crippen LogP contribution < -0.4 is 14.2 Å². The van der Waals surface area contributed by atoms with Crippen LogP contribution in [0.15, 0.2) is 48.5 Å². The summed E-state index contributed by atoms with van der Waals surface area (Å²) < 4.78 is 30.2. The number of carbonyl (C=O) groups excluding carboxylic acids is 1. The number of methoxy groups -OCH3 is 2. The Kier molecular flexibility index (Phi) is 10.6. The number of pyridine rings is 1. The van der Waals surface area contributed by atoms with E-state index in [4.69, 9.17) is 35.9 Å². The Morgan fingerprint density at radius 2 is 1.76 bits per heavy atom. The van der Waals surface area contributed by atoms with Crippen molar-refractivity contribution in [3.63, 3.8) is 0 Å². The molecular formula is C31H36ClFN2O6. The van der Waals surface area contributed by atoms with E-state index in [0.29, 0.717) is 46.3 Å². The Balaban J connectivity index is 1.64. The number of nitrogens with zero attached hydrogens (tertiary/aromatic N) is 2. The first kappa shape index (κ1) is 30.7. The smallest absolute Gasteiger partial charge is 0.163 e. The minimum atomic E-state index is -1.45. The average molecular weight is 587 g/mol. The molecule has 4 rings (SSSR count). The highest BCUT2D eigenvalue weighted by Crippen LogP contribution is 2.36. The lowest BCUT2D eigenvalue weighted by atomic mass is 9.89. The summed E-state index contributed by atoms with van der Waals surface area (Å²) in [5.74, 6) is 0.537. The Morgan fingerprint density at radius 1 is 1.02 bits per heavy atom. The van der Waals surface area contributed by atoms with E-state index in [-0.39, 0.29) is 36.9 Å². The molecule has 0 aliphatic carbocycles. The normalized spacial score (nSPS) is 15.3. The van der Waals surface area contributed by atoms with Gasteiger partial charge in [-0.2, -0.15) is 0 Å². The molecule has 220 valence electrons. The molecule has 2 aromatic carbocycles. The molecule has 1 fully saturated rings. The van der Waals surface area contributed by atoms with Crippen LogP contribution in [0.5, 0.6) is 17.2 Å². The summed E-state index contributed by atoms with van der Waals surface area (Å²) in [6, 6.07) is 12.6. The number of aliphatic hydroxyl groups is 2. The number of aliphatic hydroxyl groups excluding tert-OH is 1. The van der Waals surface area contributed by atoms with Crippen LogP contribution in [0.4, 0.5) is 4.39 Å². The molecule has 0 saturated carbocycles. The van der Waals surface area contributed by atoms with Gasteiger partial charge in [-0.05, 0) is 80.9 Å². The lowest BCUT2D eigenvalue weighted by molar-refractivity contribution is -0.0170. The van der Waals surface area contributed by atoms with E-state index in [1.807, 2.05) is 0 Å². The molecule has 0 amide bonds. The quantitative estimate of drug-likeness (QED) is 0.261. The fourth-order valence-electron chi connectivity index (χ4n) is 5.08. The number of piperidine rings is 1. The molecular weight excluding hydrogens is 551 g/mol. The zero-order valence-corrected chi connectivity index (χ0v) is 24.1. The van der Waals surface area contributed by atoms with Gasteiger partial charge in [0.25, 0.3) is 0 Å². The van der Waals surface area contributed by atoms with E-state index in [2.05, 4.69) is 4.90 Å². The number of rotatable bonds is 13. The molecule has 0 radical (unpaired) electrons. The number of hydrogen-bond acceptors (Lipinski definition) is 8. The van der Waals surface area contributed by atoms with E-state index < -0.39 is 11.4 Å². The van der Waals surface area contributed by atoms with Gasteiger partial charge in [-0.3, -0.25) is 4.79 Å². The summed E-state index contributed by atoms with van der Waals surface area (Å²) >= 11 is 6.05. The van der Waals surface area contributed by atoms with Crippen molar-refractivity contribution in [3.05, 3.63) is 70.6 Å². The number of ketones is 1. The van der Waals surface area contributed by atoms with E-state index >= 15 is 0 Å². The van der Waals surface area contributed by atoms with Crippen molar-refractivity contribution < 1.29 is 33.6 Å². The van der Waals surface area contributed by atoms with Gasteiger partial charge >= 0.3 is 0 Å². The van der Waals surface area contributed by atoms with Crippen LogP contribution in [0.25, 0.3) is 11.3 Å². The Hall–Kier alpha value is -3.24. The number of ether oxygens (including phenoxy) is 3. The molecule has 2 N–H and O–H groups in total. The van der Waals surface area contributed by atoms with Crippen LogP contribution in [0.2, 0.25) is 5.02 Å². The molecule has 1 aliphatic rings. The monoisotopic (exact) mass is 586 g/mol. The lowest BCUT2D eigenvalue weighted by Crippen LogP contribution is -2.44. The number of β-amino-alcohol motifs (C(OH)–C–C–N with tert-alkyl or cyclic N) is 1. The van der Waals surface area contributed by atoms with Crippen molar-refractivity contribution in [2.24, 2.45) is 0 Å². The maximum Gasteiger partial charge on any atom is 0.163 e. The zero-order valence-electron chi connectivity index (χ0n) is 23.4. The van der Waals surface area contributed by atoms with Crippen LogP contribution in [-0.2, 0) is 5.60 Å². The summed E-state index contributed by atoms with van der Waals surface area (Å²) in [6.07, 6.45) is 3.39. The third-order valence-electron chi connectivity index (χ3n) is 7.28. The van der Waals surface area contributed by atoms with Crippen LogP contribution in [0, 0.1) is 5.82 Å². The van der Waals surface area contributed by atoms with Gasteiger partial charge in [0.15, 0.2) is 17.3 Å². The van der Waals surface area contributed by atoms with Crippen molar-refractivity contribution in [2.75, 3.05) is 47.1 Å². The summed E-state index contributed by atoms with van der Waals surface area (Å²) in [4.78, 5) is 20.3. The third-order valence-corrected chi connectivity index (χ3v) is 7.57. The predicted octanol–water partition coefficient (Wildman–Crippen LogP) is 5.27. The van der Waals surface area contributed by atoms with Crippen LogP contribution in [0.3, 0.4) is 0 Å². The lowest BCUT2D eigenvalue weighted by Gasteiger charge is -2.36. The fourth-order valence-corrected chi connectivity index (χ4v) is 5.26. The van der Waals surface area contributed by atoms with E-state index in [1.165, 1.54) is 26.4 Å². The molecule has 0 bridgehead atoms. The Morgan fingerprint density at radius 3 is 2.44 bits per heavy atom. The molecule has 1 unspecified atom stereocenters. The average Bonchev–Trinajstić information content (AvgIpc) is 3.00. The first-order valence-electron chi connectivity index (χ1n) is 13.7. The second kappa shape index (κ2) is 14.1. The highest BCUT2D eigenvalue weighted by Gasteiger charge is 2.35. The molecule has 10 heteroatoms. The predicted molar refractivity (Wildman–Crippen MR) is 155 cm³/mol. The van der Waals surface area contributed by atoms with Gasteiger partial charge in [-0.15, -0.1) is 0 Å². The molecule has 1 atom stereocenters. The molecule has 2 heterocycles. The van der Waals surface area contributed by atoms with Gasteiger partial charge in [0, 0.05) is 24.1 Å². The molecule has 8 nitrogen and oxygen atoms in total. The van der Waals surface area contributed by atoms with Crippen molar-refractivity contribution in [3.8, 4) is 28.5 Å². The fraction of sp³-hybridized carbons (Fsp3) is 0.419.